The Morgan fingerprint density at radius 2 is 1.96 bits per heavy atom. The van der Waals surface area contributed by atoms with Crippen LogP contribution in [0.3, 0.4) is 0 Å². The number of thioether (sulfide) groups is 1. The fourth-order valence-electron chi connectivity index (χ4n) is 3.06. The fraction of sp³-hybridized carbons (Fsp3) is 0.421. The zero-order valence-corrected chi connectivity index (χ0v) is 15.2. The molecule has 3 rings (SSSR count). The molecule has 24 heavy (non-hydrogen) atoms. The molecule has 0 aliphatic heterocycles. The monoisotopic (exact) mass is 363 g/mol. The molecule has 1 aromatic carbocycles. The third-order valence-electron chi connectivity index (χ3n) is 4.34. The summed E-state index contributed by atoms with van der Waals surface area (Å²) in [6.07, 6.45) is 6.35. The molecule has 1 saturated carbocycles. The largest absolute Gasteiger partial charge is 0.344 e. The molecule has 1 aromatic heterocycles. The van der Waals surface area contributed by atoms with Gasteiger partial charge >= 0.3 is 0 Å². The molecule has 1 aliphatic rings. The smallest absolute Gasteiger partial charge is 0.230 e. The highest BCUT2D eigenvalue weighted by molar-refractivity contribution is 8.00. The minimum Gasteiger partial charge on any atom is -0.344 e. The Morgan fingerprint density at radius 3 is 2.62 bits per heavy atom. The third kappa shape index (κ3) is 4.84. The zero-order valence-electron chi connectivity index (χ0n) is 13.5. The van der Waals surface area contributed by atoms with Crippen LogP contribution in [-0.4, -0.2) is 16.9 Å². The van der Waals surface area contributed by atoms with Crippen molar-refractivity contribution in [3.8, 4) is 0 Å². The molecule has 1 aliphatic carbocycles. The molecule has 1 fully saturated rings. The summed E-state index contributed by atoms with van der Waals surface area (Å²) in [7, 11) is 0. The van der Waals surface area contributed by atoms with E-state index in [-0.39, 0.29) is 17.8 Å². The highest BCUT2D eigenvalue weighted by Gasteiger charge is 2.20. The Kier molecular flexibility index (Phi) is 6.32. The number of thiophene rings is 1. The van der Waals surface area contributed by atoms with Crippen LogP contribution in [0.1, 0.15) is 48.6 Å². The number of benzene rings is 1. The molecule has 0 bridgehead atoms. The lowest BCUT2D eigenvalue weighted by atomic mass is 10.0. The first kappa shape index (κ1) is 17.5. The van der Waals surface area contributed by atoms with Gasteiger partial charge in [-0.2, -0.15) is 0 Å². The van der Waals surface area contributed by atoms with E-state index < -0.39 is 0 Å². The molecule has 1 N–H and O–H groups in total. The van der Waals surface area contributed by atoms with Crippen LogP contribution in [0.25, 0.3) is 0 Å². The standard InChI is InChI=1S/C19H22FNOS2/c20-15-10-8-14(9-11-15)19(17-7-4-12-23-17)21-18(22)13-24-16-5-2-1-3-6-16/h4,7-12,16,19H,1-3,5-6,13H2,(H,21,22). The van der Waals surface area contributed by atoms with Crippen LogP contribution in [0.4, 0.5) is 4.39 Å². The van der Waals surface area contributed by atoms with E-state index in [1.807, 2.05) is 17.5 Å². The topological polar surface area (TPSA) is 29.1 Å². The van der Waals surface area contributed by atoms with Crippen molar-refractivity contribution in [2.24, 2.45) is 0 Å². The summed E-state index contributed by atoms with van der Waals surface area (Å²) in [4.78, 5) is 13.5. The maximum Gasteiger partial charge on any atom is 0.230 e. The first-order chi connectivity index (χ1) is 11.7. The van der Waals surface area contributed by atoms with E-state index in [9.17, 15) is 9.18 Å². The van der Waals surface area contributed by atoms with Crippen LogP contribution in [0.15, 0.2) is 41.8 Å². The van der Waals surface area contributed by atoms with Crippen molar-refractivity contribution in [3.05, 3.63) is 58.0 Å². The predicted molar refractivity (Wildman–Crippen MR) is 100 cm³/mol. The van der Waals surface area contributed by atoms with Gasteiger partial charge in [0.25, 0.3) is 0 Å². The lowest BCUT2D eigenvalue weighted by Crippen LogP contribution is -2.31. The number of hydrogen-bond donors (Lipinski definition) is 1. The molecule has 5 heteroatoms. The van der Waals surface area contributed by atoms with Crippen molar-refractivity contribution < 1.29 is 9.18 Å². The first-order valence-electron chi connectivity index (χ1n) is 8.42. The van der Waals surface area contributed by atoms with Gasteiger partial charge in [-0.3, -0.25) is 4.79 Å². The van der Waals surface area contributed by atoms with E-state index in [0.29, 0.717) is 11.0 Å². The van der Waals surface area contributed by atoms with E-state index in [4.69, 9.17) is 0 Å². The van der Waals surface area contributed by atoms with Gasteiger partial charge < -0.3 is 5.32 Å². The second-order valence-corrected chi connectivity index (χ2v) is 8.41. The van der Waals surface area contributed by atoms with Gasteiger partial charge in [0, 0.05) is 10.1 Å². The van der Waals surface area contributed by atoms with Crippen molar-refractivity contribution >= 4 is 29.0 Å². The molecule has 0 saturated heterocycles. The maximum atomic E-state index is 13.2. The van der Waals surface area contributed by atoms with E-state index in [0.717, 1.165) is 10.4 Å². The second-order valence-electron chi connectivity index (χ2n) is 6.14. The first-order valence-corrected chi connectivity index (χ1v) is 10.3. The van der Waals surface area contributed by atoms with Gasteiger partial charge in [-0.25, -0.2) is 4.39 Å². The minimum atomic E-state index is -0.261. The van der Waals surface area contributed by atoms with Gasteiger partial charge in [0.1, 0.15) is 5.82 Å². The van der Waals surface area contributed by atoms with E-state index >= 15 is 0 Å². The molecule has 1 heterocycles. The number of carbonyl (C=O) groups excluding carboxylic acids is 1. The lowest BCUT2D eigenvalue weighted by molar-refractivity contribution is -0.119. The normalized spacial score (nSPS) is 16.7. The summed E-state index contributed by atoms with van der Waals surface area (Å²) >= 11 is 3.38. The van der Waals surface area contributed by atoms with Crippen LogP contribution in [0.5, 0.6) is 0 Å². The molecular formula is C19H22FNOS2. The molecule has 128 valence electrons. The average Bonchev–Trinajstić information content (AvgIpc) is 3.14. The number of carbonyl (C=O) groups is 1. The Morgan fingerprint density at radius 1 is 1.21 bits per heavy atom. The van der Waals surface area contributed by atoms with Crippen LogP contribution in [0.2, 0.25) is 0 Å². The molecule has 2 aromatic rings. The number of halogens is 1. The van der Waals surface area contributed by atoms with Crippen LogP contribution >= 0.6 is 23.1 Å². The average molecular weight is 364 g/mol. The number of nitrogens with one attached hydrogen (secondary N) is 1. The van der Waals surface area contributed by atoms with Gasteiger partial charge in [-0.05, 0) is 42.0 Å². The minimum absolute atomic E-state index is 0.0494. The van der Waals surface area contributed by atoms with Crippen LogP contribution in [-0.2, 0) is 4.79 Å². The molecule has 0 radical (unpaired) electrons. The summed E-state index contributed by atoms with van der Waals surface area (Å²) < 4.78 is 13.2. The third-order valence-corrected chi connectivity index (χ3v) is 6.65. The van der Waals surface area contributed by atoms with Crippen molar-refractivity contribution in [1.29, 1.82) is 0 Å². The van der Waals surface area contributed by atoms with Crippen molar-refractivity contribution in [3.63, 3.8) is 0 Å². The summed E-state index contributed by atoms with van der Waals surface area (Å²) in [6.45, 7) is 0. The van der Waals surface area contributed by atoms with E-state index in [2.05, 4.69) is 5.32 Å². The van der Waals surface area contributed by atoms with Crippen molar-refractivity contribution in [2.45, 2.75) is 43.4 Å². The van der Waals surface area contributed by atoms with E-state index in [1.165, 1.54) is 44.2 Å². The highest BCUT2D eigenvalue weighted by Crippen LogP contribution is 2.29. The zero-order chi connectivity index (χ0) is 16.8. The van der Waals surface area contributed by atoms with Gasteiger partial charge in [-0.15, -0.1) is 23.1 Å². The van der Waals surface area contributed by atoms with Gasteiger partial charge in [0.05, 0.1) is 11.8 Å². The predicted octanol–water partition coefficient (Wildman–Crippen LogP) is 5.16. The second kappa shape index (κ2) is 8.67. The molecule has 0 spiro atoms. The lowest BCUT2D eigenvalue weighted by Gasteiger charge is -2.22. The summed E-state index contributed by atoms with van der Waals surface area (Å²) in [5, 5.41) is 5.74. The van der Waals surface area contributed by atoms with Crippen molar-refractivity contribution in [2.75, 3.05) is 5.75 Å². The quantitative estimate of drug-likeness (QED) is 0.768. The van der Waals surface area contributed by atoms with Crippen LogP contribution in [0, 0.1) is 5.82 Å². The molecule has 2 nitrogen and oxygen atoms in total. The number of rotatable bonds is 6. The van der Waals surface area contributed by atoms with E-state index in [1.54, 1.807) is 35.2 Å². The number of hydrogen-bond acceptors (Lipinski definition) is 3. The summed E-state index contributed by atoms with van der Waals surface area (Å²) in [5.74, 6) is 0.282. The van der Waals surface area contributed by atoms with Gasteiger partial charge in [0.2, 0.25) is 5.91 Å². The summed E-state index contributed by atoms with van der Waals surface area (Å²) in [6, 6.07) is 10.2. The van der Waals surface area contributed by atoms with Gasteiger partial charge in [-0.1, -0.05) is 37.5 Å². The number of amides is 1. The molecule has 1 unspecified atom stereocenters. The Hall–Kier alpha value is -1.33. The molecule has 1 atom stereocenters. The highest BCUT2D eigenvalue weighted by atomic mass is 32.2. The van der Waals surface area contributed by atoms with Gasteiger partial charge in [0.15, 0.2) is 0 Å². The molecule has 1 amide bonds. The maximum absolute atomic E-state index is 13.2. The Balaban J connectivity index is 1.63. The van der Waals surface area contributed by atoms with Crippen molar-refractivity contribution in [1.82, 2.24) is 5.32 Å². The molecular weight excluding hydrogens is 341 g/mol. The SMILES string of the molecule is O=C(CSC1CCCCC1)NC(c1ccc(F)cc1)c1cccs1. The Bertz CT molecular complexity index is 636. The van der Waals surface area contributed by atoms with Crippen LogP contribution < -0.4 is 5.32 Å². The fourth-order valence-corrected chi connectivity index (χ4v) is 5.00. The summed E-state index contributed by atoms with van der Waals surface area (Å²) in [5.41, 5.74) is 0.912. The Labute approximate surface area is 150 Å².